The highest BCUT2D eigenvalue weighted by molar-refractivity contribution is 5.79. The van der Waals surface area contributed by atoms with Crippen LogP contribution in [-0.2, 0) is 4.79 Å². The fourth-order valence-electron chi connectivity index (χ4n) is 2.80. The van der Waals surface area contributed by atoms with Crippen molar-refractivity contribution in [1.82, 2.24) is 9.80 Å². The van der Waals surface area contributed by atoms with Crippen molar-refractivity contribution < 1.29 is 4.79 Å². The molecule has 0 aliphatic carbocycles. The largest absolute Gasteiger partial charge is 0.366 e. The smallest absolute Gasteiger partial charge is 0.242 e. The molecule has 0 spiro atoms. The van der Waals surface area contributed by atoms with Crippen molar-refractivity contribution >= 4 is 5.91 Å². The van der Waals surface area contributed by atoms with E-state index in [1.54, 1.807) is 0 Å². The Hall–Kier alpha value is -0.990. The Bertz CT molecular complexity index is 275. The summed E-state index contributed by atoms with van der Waals surface area (Å²) in [5.74, 6) is 0.316. The lowest BCUT2D eigenvalue weighted by atomic mass is 9.99. The van der Waals surface area contributed by atoms with Crippen LogP contribution in [0.4, 0.5) is 0 Å². The van der Waals surface area contributed by atoms with Gasteiger partial charge < -0.3 is 9.80 Å². The molecule has 2 rings (SSSR count). The first-order valence-corrected chi connectivity index (χ1v) is 6.47. The molecule has 1 amide bonds. The van der Waals surface area contributed by atoms with E-state index in [1.165, 1.54) is 32.1 Å². The third kappa shape index (κ3) is 2.57. The third-order valence-electron chi connectivity index (χ3n) is 3.59. The van der Waals surface area contributed by atoms with Crippen molar-refractivity contribution in [2.75, 3.05) is 19.6 Å². The van der Waals surface area contributed by atoms with Crippen molar-refractivity contribution in [3.8, 4) is 0 Å². The monoisotopic (exact) mass is 222 g/mol. The van der Waals surface area contributed by atoms with E-state index < -0.39 is 0 Å². The van der Waals surface area contributed by atoms with Gasteiger partial charge >= 0.3 is 0 Å². The van der Waals surface area contributed by atoms with Gasteiger partial charge in [-0.05, 0) is 26.0 Å². The Morgan fingerprint density at radius 3 is 2.88 bits per heavy atom. The molecule has 2 aliphatic rings. The van der Waals surface area contributed by atoms with Crippen LogP contribution >= 0.6 is 0 Å². The third-order valence-corrected chi connectivity index (χ3v) is 3.59. The Kier molecular flexibility index (Phi) is 3.86. The number of nitrogens with zero attached hydrogens (tertiary/aromatic N) is 2. The van der Waals surface area contributed by atoms with Crippen LogP contribution < -0.4 is 0 Å². The number of hydrogen-bond acceptors (Lipinski definition) is 2. The molecule has 0 saturated carbocycles. The van der Waals surface area contributed by atoms with Crippen molar-refractivity contribution in [3.63, 3.8) is 0 Å². The summed E-state index contributed by atoms with van der Waals surface area (Å²) in [6.07, 6.45) is 10.3. The molecule has 16 heavy (non-hydrogen) atoms. The van der Waals surface area contributed by atoms with Gasteiger partial charge in [-0.15, -0.1) is 0 Å². The number of carbonyl (C=O) groups is 1. The topological polar surface area (TPSA) is 23.6 Å². The minimum Gasteiger partial charge on any atom is -0.366 e. The number of hydrogen-bond donors (Lipinski definition) is 0. The first kappa shape index (κ1) is 11.5. The van der Waals surface area contributed by atoms with E-state index in [9.17, 15) is 4.79 Å². The van der Waals surface area contributed by atoms with Gasteiger partial charge in [-0.25, -0.2) is 0 Å². The second-order valence-electron chi connectivity index (χ2n) is 4.86. The van der Waals surface area contributed by atoms with Gasteiger partial charge in [0.15, 0.2) is 0 Å². The lowest BCUT2D eigenvalue weighted by Gasteiger charge is -2.42. The number of amides is 1. The highest BCUT2D eigenvalue weighted by Crippen LogP contribution is 2.21. The van der Waals surface area contributed by atoms with E-state index in [-0.39, 0.29) is 0 Å². The van der Waals surface area contributed by atoms with Gasteiger partial charge in [0.1, 0.15) is 0 Å². The van der Waals surface area contributed by atoms with Crippen molar-refractivity contribution in [1.29, 1.82) is 0 Å². The van der Waals surface area contributed by atoms with Crippen LogP contribution in [0.25, 0.3) is 0 Å². The maximum atomic E-state index is 12.0. The van der Waals surface area contributed by atoms with Gasteiger partial charge in [0.05, 0.1) is 6.54 Å². The Morgan fingerprint density at radius 2 is 2.06 bits per heavy atom. The first-order valence-electron chi connectivity index (χ1n) is 6.47. The molecule has 0 radical (unpaired) electrons. The predicted molar refractivity (Wildman–Crippen MR) is 65.0 cm³/mol. The van der Waals surface area contributed by atoms with Gasteiger partial charge in [0.25, 0.3) is 0 Å². The molecule has 0 aromatic carbocycles. The summed E-state index contributed by atoms with van der Waals surface area (Å²) in [7, 11) is 0. The lowest BCUT2D eigenvalue weighted by Crippen LogP contribution is -2.55. The quantitative estimate of drug-likeness (QED) is 0.677. The summed E-state index contributed by atoms with van der Waals surface area (Å²) in [5.41, 5.74) is 0. The van der Waals surface area contributed by atoms with E-state index in [4.69, 9.17) is 0 Å². The summed E-state index contributed by atoms with van der Waals surface area (Å²) >= 11 is 0. The maximum absolute atomic E-state index is 12.0. The van der Waals surface area contributed by atoms with Crippen molar-refractivity contribution in [2.45, 2.75) is 45.1 Å². The molecule has 2 saturated heterocycles. The van der Waals surface area contributed by atoms with Gasteiger partial charge in [-0.3, -0.25) is 4.79 Å². The van der Waals surface area contributed by atoms with E-state index >= 15 is 0 Å². The second-order valence-corrected chi connectivity index (χ2v) is 4.86. The molecule has 2 fully saturated rings. The molecule has 0 aromatic heterocycles. The minimum atomic E-state index is 0.316. The average molecular weight is 222 g/mol. The zero-order valence-corrected chi connectivity index (χ0v) is 10.2. The minimum absolute atomic E-state index is 0.316. The number of rotatable bonds is 1. The molecule has 1 unspecified atom stereocenters. The van der Waals surface area contributed by atoms with Crippen LogP contribution in [0.1, 0.15) is 39.0 Å². The van der Waals surface area contributed by atoms with Crippen LogP contribution in [0.3, 0.4) is 0 Å². The van der Waals surface area contributed by atoms with E-state index in [1.807, 2.05) is 19.2 Å². The molecule has 3 nitrogen and oxygen atoms in total. The predicted octanol–water partition coefficient (Wildman–Crippen LogP) is 2.00. The number of fused-ring (bicyclic) bond motifs is 1. The molecular weight excluding hydrogens is 200 g/mol. The van der Waals surface area contributed by atoms with Crippen molar-refractivity contribution in [2.24, 2.45) is 0 Å². The van der Waals surface area contributed by atoms with Crippen LogP contribution in [0.5, 0.6) is 0 Å². The van der Waals surface area contributed by atoms with Crippen LogP contribution in [0.2, 0.25) is 0 Å². The fraction of sp³-hybridized carbons (Fsp3) is 0.769. The van der Waals surface area contributed by atoms with Crippen LogP contribution in [0.15, 0.2) is 12.3 Å². The highest BCUT2D eigenvalue weighted by Gasteiger charge is 2.30. The number of allylic oxidation sites excluding steroid dienone is 1. The molecule has 90 valence electrons. The van der Waals surface area contributed by atoms with E-state index in [0.717, 1.165) is 13.1 Å². The molecule has 3 heteroatoms. The number of carbonyl (C=O) groups excluding carboxylic acids is 1. The summed E-state index contributed by atoms with van der Waals surface area (Å²) in [6, 6.07) is 0.456. The Morgan fingerprint density at radius 1 is 1.25 bits per heavy atom. The van der Waals surface area contributed by atoms with E-state index in [0.29, 0.717) is 18.5 Å². The average Bonchev–Trinajstić information content (AvgIpc) is 2.21. The highest BCUT2D eigenvalue weighted by atomic mass is 16.2. The van der Waals surface area contributed by atoms with Gasteiger partial charge in [-0.2, -0.15) is 0 Å². The standard InChI is InChI=1S/C13H22N2O/c1-2-8-14-10-12-7-5-3-4-6-9-15(12)13(16)11-14/h2,8,12H,3-7,9-11H2,1H3/b8-2+. The van der Waals surface area contributed by atoms with Crippen LogP contribution in [-0.4, -0.2) is 41.4 Å². The molecule has 0 aromatic rings. The molecule has 2 heterocycles. The maximum Gasteiger partial charge on any atom is 0.242 e. The zero-order valence-electron chi connectivity index (χ0n) is 10.2. The zero-order chi connectivity index (χ0) is 11.4. The van der Waals surface area contributed by atoms with Gasteiger partial charge in [0.2, 0.25) is 5.91 Å². The molecule has 1 atom stereocenters. The Labute approximate surface area is 98.1 Å². The molecule has 2 aliphatic heterocycles. The SMILES string of the molecule is C/C=C/N1CC(=O)N2CCCCCCC2C1. The fourth-order valence-corrected chi connectivity index (χ4v) is 2.80. The summed E-state index contributed by atoms with van der Waals surface area (Å²) in [5, 5.41) is 0. The van der Waals surface area contributed by atoms with Crippen molar-refractivity contribution in [3.05, 3.63) is 12.3 Å². The van der Waals surface area contributed by atoms with Crippen LogP contribution in [0, 0.1) is 0 Å². The molecule has 0 bridgehead atoms. The summed E-state index contributed by atoms with van der Waals surface area (Å²) < 4.78 is 0. The molecular formula is C13H22N2O. The van der Waals surface area contributed by atoms with E-state index in [2.05, 4.69) is 9.80 Å². The normalized spacial score (nSPS) is 27.8. The number of piperazine rings is 1. The van der Waals surface area contributed by atoms with Gasteiger partial charge in [-0.1, -0.05) is 25.3 Å². The summed E-state index contributed by atoms with van der Waals surface area (Å²) in [6.45, 7) is 4.58. The Balaban J connectivity index is 2.03. The first-order chi connectivity index (χ1) is 7.81. The summed E-state index contributed by atoms with van der Waals surface area (Å²) in [4.78, 5) is 16.3. The van der Waals surface area contributed by atoms with Gasteiger partial charge in [0, 0.05) is 19.1 Å². The molecule has 0 N–H and O–H groups in total. The lowest BCUT2D eigenvalue weighted by molar-refractivity contribution is -0.139. The second kappa shape index (κ2) is 5.37.